The number of aromatic nitrogens is 5. The van der Waals surface area contributed by atoms with Crippen molar-refractivity contribution >= 4 is 28.7 Å². The fourth-order valence-electron chi connectivity index (χ4n) is 3.22. The number of nitrogens with one attached hydrogen (secondary N) is 1. The summed E-state index contributed by atoms with van der Waals surface area (Å²) in [6.45, 7) is 5.49. The quantitative estimate of drug-likeness (QED) is 0.751. The van der Waals surface area contributed by atoms with E-state index in [0.29, 0.717) is 17.3 Å². The molecule has 1 aliphatic carbocycles. The molecule has 3 aromatic rings. The van der Waals surface area contributed by atoms with Gasteiger partial charge in [0, 0.05) is 37.9 Å². The third-order valence-electron chi connectivity index (χ3n) is 4.79. The van der Waals surface area contributed by atoms with Crippen LogP contribution in [0.5, 0.6) is 0 Å². The van der Waals surface area contributed by atoms with Crippen LogP contribution in [0.15, 0.2) is 22.8 Å². The Morgan fingerprint density at radius 2 is 1.69 bits per heavy atom. The summed E-state index contributed by atoms with van der Waals surface area (Å²) in [4.78, 5) is 18.4. The van der Waals surface area contributed by atoms with Gasteiger partial charge in [0.2, 0.25) is 11.3 Å². The lowest BCUT2D eigenvalue weighted by Crippen LogP contribution is -2.47. The molecule has 0 atom stereocenters. The number of aryl methyl sites for hydroxylation is 1. The third kappa shape index (κ3) is 2.89. The Morgan fingerprint density at radius 1 is 0.962 bits per heavy atom. The minimum Gasteiger partial charge on any atom is -0.364 e. The van der Waals surface area contributed by atoms with Crippen molar-refractivity contribution in [2.24, 2.45) is 0 Å². The number of nitrogens with zero attached hydrogens (tertiary/aromatic N) is 7. The Morgan fingerprint density at radius 3 is 2.42 bits per heavy atom. The molecule has 2 fully saturated rings. The largest absolute Gasteiger partial charge is 0.364 e. The molecule has 1 aliphatic heterocycles. The zero-order valence-electron chi connectivity index (χ0n) is 14.6. The molecular formula is C17H20N8O. The molecule has 0 aromatic carbocycles. The summed E-state index contributed by atoms with van der Waals surface area (Å²) in [6, 6.07) is 6.62. The van der Waals surface area contributed by atoms with Gasteiger partial charge in [-0.1, -0.05) is 6.07 Å². The Bertz CT molecular complexity index is 929. The summed E-state index contributed by atoms with van der Waals surface area (Å²) >= 11 is 0. The van der Waals surface area contributed by atoms with Crippen LogP contribution in [-0.4, -0.2) is 57.5 Å². The van der Waals surface area contributed by atoms with Crippen LogP contribution in [0.3, 0.4) is 0 Å². The predicted molar refractivity (Wildman–Crippen MR) is 97.4 cm³/mol. The molecule has 0 spiro atoms. The van der Waals surface area contributed by atoms with E-state index >= 15 is 0 Å². The van der Waals surface area contributed by atoms with Gasteiger partial charge in [-0.2, -0.15) is 0 Å². The summed E-state index contributed by atoms with van der Waals surface area (Å²) in [5, 5.41) is 11.1. The highest BCUT2D eigenvalue weighted by Gasteiger charge is 2.27. The molecule has 134 valence electrons. The van der Waals surface area contributed by atoms with E-state index in [0.717, 1.165) is 49.3 Å². The average molecular weight is 352 g/mol. The lowest BCUT2D eigenvalue weighted by Gasteiger charge is -2.36. The summed E-state index contributed by atoms with van der Waals surface area (Å²) < 4.78 is 4.78. The molecule has 1 saturated carbocycles. The maximum Gasteiger partial charge on any atom is 0.245 e. The summed E-state index contributed by atoms with van der Waals surface area (Å²) in [6.07, 6.45) is 2.34. The Hall–Kier alpha value is -2.97. The molecule has 2 aliphatic rings. The van der Waals surface area contributed by atoms with E-state index in [1.165, 1.54) is 12.8 Å². The van der Waals surface area contributed by atoms with Crippen LogP contribution in [-0.2, 0) is 0 Å². The van der Waals surface area contributed by atoms with Crippen molar-refractivity contribution in [3.8, 4) is 0 Å². The van der Waals surface area contributed by atoms with Crippen LogP contribution < -0.4 is 15.1 Å². The molecule has 4 heterocycles. The van der Waals surface area contributed by atoms with E-state index in [4.69, 9.17) is 4.63 Å². The van der Waals surface area contributed by atoms with Crippen LogP contribution in [0.4, 0.5) is 17.5 Å². The molecule has 0 bridgehead atoms. The van der Waals surface area contributed by atoms with Crippen molar-refractivity contribution in [3.63, 3.8) is 0 Å². The van der Waals surface area contributed by atoms with Crippen molar-refractivity contribution < 1.29 is 4.63 Å². The molecule has 0 unspecified atom stereocenters. The van der Waals surface area contributed by atoms with Crippen LogP contribution in [0.2, 0.25) is 0 Å². The first-order chi connectivity index (χ1) is 12.8. The topological polar surface area (TPSA) is 96.1 Å². The molecule has 0 radical (unpaired) electrons. The molecule has 5 rings (SSSR count). The lowest BCUT2D eigenvalue weighted by atomic mass is 10.3. The molecule has 9 heteroatoms. The molecular weight excluding hydrogens is 332 g/mol. The highest BCUT2D eigenvalue weighted by atomic mass is 16.6. The molecule has 26 heavy (non-hydrogen) atoms. The number of hydrogen-bond donors (Lipinski definition) is 1. The van der Waals surface area contributed by atoms with Crippen molar-refractivity contribution in [3.05, 3.63) is 23.9 Å². The number of pyridine rings is 1. The normalized spacial score (nSPS) is 17.7. The second kappa shape index (κ2) is 6.08. The highest BCUT2D eigenvalue weighted by molar-refractivity contribution is 5.74. The van der Waals surface area contributed by atoms with Crippen LogP contribution in [0, 0.1) is 6.92 Å². The number of hydrogen-bond acceptors (Lipinski definition) is 9. The maximum atomic E-state index is 4.78. The van der Waals surface area contributed by atoms with Crippen molar-refractivity contribution in [2.45, 2.75) is 25.8 Å². The number of anilines is 3. The summed E-state index contributed by atoms with van der Waals surface area (Å²) in [5.41, 5.74) is 1.93. The van der Waals surface area contributed by atoms with Gasteiger partial charge in [-0.15, -0.1) is 0 Å². The molecule has 9 nitrogen and oxygen atoms in total. The van der Waals surface area contributed by atoms with E-state index in [1.807, 2.05) is 13.0 Å². The first-order valence-corrected chi connectivity index (χ1v) is 8.97. The van der Waals surface area contributed by atoms with Gasteiger partial charge in [0.15, 0.2) is 11.6 Å². The SMILES string of the molecule is Cc1cccc(N2CCN(c3nc4nonc4nc3NC3CC3)CC2)n1. The van der Waals surface area contributed by atoms with E-state index in [-0.39, 0.29) is 0 Å². The van der Waals surface area contributed by atoms with Gasteiger partial charge >= 0.3 is 0 Å². The van der Waals surface area contributed by atoms with Gasteiger partial charge in [-0.3, -0.25) is 0 Å². The van der Waals surface area contributed by atoms with Gasteiger partial charge in [0.1, 0.15) is 5.82 Å². The smallest absolute Gasteiger partial charge is 0.245 e. The van der Waals surface area contributed by atoms with Crippen LogP contribution >= 0.6 is 0 Å². The van der Waals surface area contributed by atoms with Gasteiger partial charge in [-0.25, -0.2) is 19.6 Å². The van der Waals surface area contributed by atoms with Crippen molar-refractivity contribution in [2.75, 3.05) is 41.3 Å². The molecule has 1 saturated heterocycles. The van der Waals surface area contributed by atoms with Crippen LogP contribution in [0.25, 0.3) is 11.3 Å². The lowest BCUT2D eigenvalue weighted by molar-refractivity contribution is 0.314. The highest BCUT2D eigenvalue weighted by Crippen LogP contribution is 2.30. The second-order valence-electron chi connectivity index (χ2n) is 6.84. The van der Waals surface area contributed by atoms with E-state index in [9.17, 15) is 0 Å². The standard InChI is InChI=1S/C17H20N8O/c1-11-3-2-4-13(18-11)24-7-9-25(10-8-24)17-16(19-12-5-6-12)20-14-15(21-17)23-26-22-14/h2-4,12H,5-10H2,1H3,(H,19,20,22). The van der Waals surface area contributed by atoms with Crippen LogP contribution in [0.1, 0.15) is 18.5 Å². The summed E-state index contributed by atoms with van der Waals surface area (Å²) in [7, 11) is 0. The Kier molecular flexibility index (Phi) is 3.58. The fraction of sp³-hybridized carbons (Fsp3) is 0.471. The van der Waals surface area contributed by atoms with E-state index in [2.05, 4.69) is 52.5 Å². The zero-order valence-corrected chi connectivity index (χ0v) is 14.6. The Balaban J connectivity index is 1.38. The number of rotatable bonds is 4. The number of piperazine rings is 1. The monoisotopic (exact) mass is 352 g/mol. The Labute approximate surface area is 150 Å². The second-order valence-corrected chi connectivity index (χ2v) is 6.84. The molecule has 3 aromatic heterocycles. The van der Waals surface area contributed by atoms with E-state index < -0.39 is 0 Å². The van der Waals surface area contributed by atoms with Gasteiger partial charge < -0.3 is 15.1 Å². The zero-order chi connectivity index (χ0) is 17.5. The predicted octanol–water partition coefficient (Wildman–Crippen LogP) is 1.62. The van der Waals surface area contributed by atoms with Crippen molar-refractivity contribution in [1.82, 2.24) is 25.3 Å². The average Bonchev–Trinajstić information content (AvgIpc) is 3.36. The maximum absolute atomic E-state index is 4.78. The van der Waals surface area contributed by atoms with Crippen molar-refractivity contribution in [1.29, 1.82) is 0 Å². The minimum absolute atomic E-state index is 0.444. The first-order valence-electron chi connectivity index (χ1n) is 8.97. The van der Waals surface area contributed by atoms with Gasteiger partial charge in [-0.05, 0) is 42.2 Å². The third-order valence-corrected chi connectivity index (χ3v) is 4.79. The van der Waals surface area contributed by atoms with E-state index in [1.54, 1.807) is 0 Å². The van der Waals surface area contributed by atoms with Gasteiger partial charge in [0.05, 0.1) is 0 Å². The fourth-order valence-corrected chi connectivity index (χ4v) is 3.22. The first kappa shape index (κ1) is 15.3. The molecule has 0 amide bonds. The summed E-state index contributed by atoms with van der Waals surface area (Å²) in [5.74, 6) is 2.64. The molecule has 1 N–H and O–H groups in total. The van der Waals surface area contributed by atoms with Gasteiger partial charge in [0.25, 0.3) is 0 Å². The minimum atomic E-state index is 0.444. The number of fused-ring (bicyclic) bond motifs is 1.